The number of halogens is 3. The van der Waals surface area contributed by atoms with Gasteiger partial charge in [-0.05, 0) is 37.5 Å². The van der Waals surface area contributed by atoms with Gasteiger partial charge in [-0.3, -0.25) is 4.79 Å². The van der Waals surface area contributed by atoms with Gasteiger partial charge in [-0.15, -0.1) is 0 Å². The summed E-state index contributed by atoms with van der Waals surface area (Å²) in [6, 6.07) is 8.49. The molecule has 9 heteroatoms. The lowest BCUT2D eigenvalue weighted by Crippen LogP contribution is -2.40. The molecule has 1 amide bonds. The van der Waals surface area contributed by atoms with E-state index in [0.29, 0.717) is 39.1 Å². The standard InChI is InChI=1S/C20H23F3N4O2/c1-2-29-16-5-3-4-14(10-16)12-24-19(28)15-6-8-27(9-7-15)18-11-17(20(21,22)23)25-13-26-18/h3-5,10-11,13,15H,2,6-9,12H2,1H3,(H,24,28). The summed E-state index contributed by atoms with van der Waals surface area (Å²) in [5.41, 5.74) is -0.0148. The van der Waals surface area contributed by atoms with Crippen molar-refractivity contribution in [3.05, 3.63) is 47.9 Å². The SMILES string of the molecule is CCOc1cccc(CNC(=O)C2CCN(c3cc(C(F)(F)F)ncn3)CC2)c1. The smallest absolute Gasteiger partial charge is 0.433 e. The van der Waals surface area contributed by atoms with Gasteiger partial charge in [0, 0.05) is 31.6 Å². The van der Waals surface area contributed by atoms with E-state index < -0.39 is 11.9 Å². The first-order chi connectivity index (χ1) is 13.9. The van der Waals surface area contributed by atoms with Gasteiger partial charge in [0.1, 0.15) is 23.6 Å². The molecule has 0 aliphatic carbocycles. The second kappa shape index (κ2) is 9.11. The summed E-state index contributed by atoms with van der Waals surface area (Å²) in [6.07, 6.45) is -2.48. The number of nitrogens with one attached hydrogen (secondary N) is 1. The molecule has 1 N–H and O–H groups in total. The van der Waals surface area contributed by atoms with E-state index in [1.54, 1.807) is 4.90 Å². The average Bonchev–Trinajstić information content (AvgIpc) is 2.72. The maximum atomic E-state index is 12.8. The number of carbonyl (C=O) groups is 1. The molecule has 0 unspecified atom stereocenters. The number of carbonyl (C=O) groups excluding carboxylic acids is 1. The van der Waals surface area contributed by atoms with Crippen LogP contribution >= 0.6 is 0 Å². The lowest BCUT2D eigenvalue weighted by atomic mass is 9.95. The zero-order chi connectivity index (χ0) is 20.9. The molecule has 29 heavy (non-hydrogen) atoms. The van der Waals surface area contributed by atoms with Crippen molar-refractivity contribution in [1.82, 2.24) is 15.3 Å². The number of nitrogens with zero attached hydrogens (tertiary/aromatic N) is 3. The van der Waals surface area contributed by atoms with Crippen molar-refractivity contribution in [2.45, 2.75) is 32.5 Å². The third kappa shape index (κ3) is 5.58. The Morgan fingerprint density at radius 1 is 1.24 bits per heavy atom. The van der Waals surface area contributed by atoms with Crippen LogP contribution in [0, 0.1) is 5.92 Å². The van der Waals surface area contributed by atoms with Crippen molar-refractivity contribution in [3.63, 3.8) is 0 Å². The monoisotopic (exact) mass is 408 g/mol. The highest BCUT2D eigenvalue weighted by molar-refractivity contribution is 5.79. The first-order valence-electron chi connectivity index (χ1n) is 9.50. The zero-order valence-electron chi connectivity index (χ0n) is 16.1. The minimum atomic E-state index is -4.50. The lowest BCUT2D eigenvalue weighted by molar-refractivity contribution is -0.141. The van der Waals surface area contributed by atoms with E-state index in [0.717, 1.165) is 23.7 Å². The molecule has 0 spiro atoms. The summed E-state index contributed by atoms with van der Waals surface area (Å²) in [5.74, 6) is 0.768. The molecule has 3 rings (SSSR count). The van der Waals surface area contributed by atoms with Crippen LogP contribution in [0.1, 0.15) is 31.0 Å². The highest BCUT2D eigenvalue weighted by Crippen LogP contribution is 2.30. The number of alkyl halides is 3. The Bertz CT molecular complexity index is 836. The van der Waals surface area contributed by atoms with Crippen LogP contribution in [0.2, 0.25) is 0 Å². The van der Waals surface area contributed by atoms with Gasteiger partial charge in [0.2, 0.25) is 5.91 Å². The van der Waals surface area contributed by atoms with Crippen LogP contribution in [0.25, 0.3) is 0 Å². The Hall–Kier alpha value is -2.84. The molecule has 0 saturated carbocycles. The first-order valence-corrected chi connectivity index (χ1v) is 9.50. The number of rotatable bonds is 6. The molecule has 1 aliphatic heterocycles. The molecular weight excluding hydrogens is 385 g/mol. The lowest BCUT2D eigenvalue weighted by Gasteiger charge is -2.32. The number of hydrogen-bond acceptors (Lipinski definition) is 5. The van der Waals surface area contributed by atoms with Gasteiger partial charge in [-0.25, -0.2) is 9.97 Å². The molecule has 1 aromatic heterocycles. The number of anilines is 1. The van der Waals surface area contributed by atoms with E-state index in [-0.39, 0.29) is 17.6 Å². The number of hydrogen-bond donors (Lipinski definition) is 1. The van der Waals surface area contributed by atoms with Crippen LogP contribution in [0.5, 0.6) is 5.75 Å². The average molecular weight is 408 g/mol. The summed E-state index contributed by atoms with van der Waals surface area (Å²) < 4.78 is 43.9. The molecule has 1 fully saturated rings. The Kier molecular flexibility index (Phi) is 6.56. The molecule has 0 atom stereocenters. The van der Waals surface area contributed by atoms with Crippen LogP contribution in [0.3, 0.4) is 0 Å². The van der Waals surface area contributed by atoms with Gasteiger partial charge in [0.05, 0.1) is 6.61 Å². The van der Waals surface area contributed by atoms with E-state index in [2.05, 4.69) is 15.3 Å². The molecule has 0 bridgehead atoms. The van der Waals surface area contributed by atoms with Crippen molar-refractivity contribution in [2.75, 3.05) is 24.6 Å². The molecule has 0 radical (unpaired) electrons. The Balaban J connectivity index is 1.51. The van der Waals surface area contributed by atoms with Crippen molar-refractivity contribution >= 4 is 11.7 Å². The predicted octanol–water partition coefficient (Wildman–Crippen LogP) is 3.43. The van der Waals surface area contributed by atoms with Crippen LogP contribution in [0.4, 0.5) is 19.0 Å². The van der Waals surface area contributed by atoms with Crippen LogP contribution in [0.15, 0.2) is 36.7 Å². The molecule has 156 valence electrons. The molecule has 6 nitrogen and oxygen atoms in total. The summed E-state index contributed by atoms with van der Waals surface area (Å²) >= 11 is 0. The summed E-state index contributed by atoms with van der Waals surface area (Å²) in [4.78, 5) is 21.5. The van der Waals surface area contributed by atoms with Gasteiger partial charge in [-0.1, -0.05) is 12.1 Å². The van der Waals surface area contributed by atoms with Crippen LogP contribution in [-0.2, 0) is 17.5 Å². The third-order valence-electron chi connectivity index (χ3n) is 4.81. The number of aromatic nitrogens is 2. The van der Waals surface area contributed by atoms with E-state index in [9.17, 15) is 18.0 Å². The second-order valence-electron chi connectivity index (χ2n) is 6.82. The van der Waals surface area contributed by atoms with Crippen molar-refractivity contribution < 1.29 is 22.7 Å². The fraction of sp³-hybridized carbons (Fsp3) is 0.450. The van der Waals surface area contributed by atoms with Crippen LogP contribution < -0.4 is 15.0 Å². The maximum Gasteiger partial charge on any atom is 0.433 e. The van der Waals surface area contributed by atoms with E-state index in [1.807, 2.05) is 31.2 Å². The van der Waals surface area contributed by atoms with Crippen molar-refractivity contribution in [3.8, 4) is 5.75 Å². The molecule has 1 aliphatic rings. The quantitative estimate of drug-likeness (QED) is 0.793. The third-order valence-corrected chi connectivity index (χ3v) is 4.81. The summed E-state index contributed by atoms with van der Waals surface area (Å²) in [7, 11) is 0. The van der Waals surface area contributed by atoms with E-state index >= 15 is 0 Å². The van der Waals surface area contributed by atoms with E-state index in [1.165, 1.54) is 0 Å². The number of amides is 1. The Labute approximate surface area is 167 Å². The number of benzene rings is 1. The number of piperidine rings is 1. The first kappa shape index (κ1) is 20.9. The summed E-state index contributed by atoms with van der Waals surface area (Å²) in [5, 5.41) is 2.93. The minimum absolute atomic E-state index is 0.0508. The highest BCUT2D eigenvalue weighted by atomic mass is 19.4. The van der Waals surface area contributed by atoms with Gasteiger partial charge in [-0.2, -0.15) is 13.2 Å². The van der Waals surface area contributed by atoms with Gasteiger partial charge >= 0.3 is 6.18 Å². The highest BCUT2D eigenvalue weighted by Gasteiger charge is 2.34. The van der Waals surface area contributed by atoms with E-state index in [4.69, 9.17) is 4.74 Å². The maximum absolute atomic E-state index is 12.8. The summed E-state index contributed by atoms with van der Waals surface area (Å²) in [6.45, 7) is 3.82. The van der Waals surface area contributed by atoms with Gasteiger partial charge < -0.3 is 15.0 Å². The molecule has 2 aromatic rings. The molecule has 1 saturated heterocycles. The number of ether oxygens (including phenoxy) is 1. The van der Waals surface area contributed by atoms with Gasteiger partial charge in [0.25, 0.3) is 0 Å². The van der Waals surface area contributed by atoms with Crippen molar-refractivity contribution in [1.29, 1.82) is 0 Å². The zero-order valence-corrected chi connectivity index (χ0v) is 16.1. The van der Waals surface area contributed by atoms with Gasteiger partial charge in [0.15, 0.2) is 0 Å². The van der Waals surface area contributed by atoms with Crippen molar-refractivity contribution in [2.24, 2.45) is 5.92 Å². The predicted molar refractivity (Wildman–Crippen MR) is 101 cm³/mol. The molecule has 1 aromatic carbocycles. The Morgan fingerprint density at radius 3 is 2.69 bits per heavy atom. The fourth-order valence-electron chi connectivity index (χ4n) is 3.29. The Morgan fingerprint density at radius 2 is 2.00 bits per heavy atom. The minimum Gasteiger partial charge on any atom is -0.494 e. The topological polar surface area (TPSA) is 67.3 Å². The molecular formula is C20H23F3N4O2. The normalized spacial score (nSPS) is 15.2. The molecule has 2 heterocycles. The largest absolute Gasteiger partial charge is 0.494 e. The fourth-order valence-corrected chi connectivity index (χ4v) is 3.29. The second-order valence-corrected chi connectivity index (χ2v) is 6.82. The van der Waals surface area contributed by atoms with Crippen LogP contribution in [-0.4, -0.2) is 35.6 Å².